The normalized spacial score (nSPS) is 12.8. The summed E-state index contributed by atoms with van der Waals surface area (Å²) in [6, 6.07) is 2.63. The molecule has 1 unspecified atom stereocenters. The topological polar surface area (TPSA) is 34.8 Å². The fourth-order valence-electron chi connectivity index (χ4n) is 2.20. The molecule has 0 saturated carbocycles. The maximum atomic E-state index is 4.35. The maximum Gasteiger partial charge on any atom is 0.110 e. The SMILES string of the molecule is CCCNC(C)c1ccn(CCc2nccn2C)c1. The fraction of sp³-hybridized carbons (Fsp3) is 0.533. The molecule has 0 bridgehead atoms. The summed E-state index contributed by atoms with van der Waals surface area (Å²) in [6.07, 6.45) is 10.4. The molecule has 0 aliphatic heterocycles. The number of hydrogen-bond donors (Lipinski definition) is 1. The van der Waals surface area contributed by atoms with Crippen molar-refractivity contribution < 1.29 is 0 Å². The number of aryl methyl sites for hydroxylation is 3. The highest BCUT2D eigenvalue weighted by molar-refractivity contribution is 5.14. The Morgan fingerprint density at radius 3 is 2.89 bits per heavy atom. The Morgan fingerprint density at radius 2 is 2.21 bits per heavy atom. The Labute approximate surface area is 115 Å². The van der Waals surface area contributed by atoms with Gasteiger partial charge in [0.15, 0.2) is 0 Å². The van der Waals surface area contributed by atoms with Gasteiger partial charge in [-0.3, -0.25) is 0 Å². The lowest BCUT2D eigenvalue weighted by Gasteiger charge is -2.11. The molecular formula is C15H24N4. The van der Waals surface area contributed by atoms with E-state index in [0.29, 0.717) is 6.04 Å². The molecule has 0 fully saturated rings. The average Bonchev–Trinajstić information content (AvgIpc) is 3.02. The number of nitrogens with zero attached hydrogens (tertiary/aromatic N) is 3. The minimum atomic E-state index is 0.425. The highest BCUT2D eigenvalue weighted by atomic mass is 15.0. The molecule has 0 aliphatic rings. The van der Waals surface area contributed by atoms with E-state index in [1.165, 1.54) is 12.0 Å². The highest BCUT2D eigenvalue weighted by Crippen LogP contribution is 2.13. The summed E-state index contributed by atoms with van der Waals surface area (Å²) in [7, 11) is 2.04. The van der Waals surface area contributed by atoms with Crippen molar-refractivity contribution in [2.75, 3.05) is 6.54 Å². The van der Waals surface area contributed by atoms with Crippen molar-refractivity contribution in [3.63, 3.8) is 0 Å². The first kappa shape index (κ1) is 13.9. The summed E-state index contributed by atoms with van der Waals surface area (Å²) in [6.45, 7) is 6.46. The van der Waals surface area contributed by atoms with Gasteiger partial charge in [-0.05, 0) is 31.5 Å². The number of rotatable bonds is 7. The summed E-state index contributed by atoms with van der Waals surface area (Å²) < 4.78 is 4.32. The molecule has 0 aliphatic carbocycles. The molecule has 104 valence electrons. The minimum absolute atomic E-state index is 0.425. The van der Waals surface area contributed by atoms with Crippen molar-refractivity contribution in [3.8, 4) is 0 Å². The first-order chi connectivity index (χ1) is 9.20. The summed E-state index contributed by atoms with van der Waals surface area (Å²) in [4.78, 5) is 4.35. The zero-order valence-electron chi connectivity index (χ0n) is 12.1. The van der Waals surface area contributed by atoms with Gasteiger partial charge in [0.05, 0.1) is 0 Å². The van der Waals surface area contributed by atoms with E-state index in [0.717, 1.165) is 25.3 Å². The highest BCUT2D eigenvalue weighted by Gasteiger charge is 2.06. The van der Waals surface area contributed by atoms with Crippen molar-refractivity contribution in [2.45, 2.75) is 39.3 Å². The molecule has 2 heterocycles. The van der Waals surface area contributed by atoms with Crippen LogP contribution in [0.5, 0.6) is 0 Å². The quantitative estimate of drug-likeness (QED) is 0.830. The summed E-state index contributed by atoms with van der Waals surface area (Å²) in [5.74, 6) is 1.13. The van der Waals surface area contributed by atoms with Crippen molar-refractivity contribution in [2.24, 2.45) is 7.05 Å². The molecule has 1 N–H and O–H groups in total. The van der Waals surface area contributed by atoms with Gasteiger partial charge in [-0.2, -0.15) is 0 Å². The van der Waals surface area contributed by atoms with Crippen LogP contribution in [0.1, 0.15) is 37.7 Å². The van der Waals surface area contributed by atoms with Crippen molar-refractivity contribution in [3.05, 3.63) is 42.2 Å². The van der Waals surface area contributed by atoms with Crippen LogP contribution in [0.4, 0.5) is 0 Å². The van der Waals surface area contributed by atoms with Gasteiger partial charge in [0.25, 0.3) is 0 Å². The molecule has 0 aromatic carbocycles. The van der Waals surface area contributed by atoms with E-state index in [1.807, 2.05) is 19.4 Å². The first-order valence-electron chi connectivity index (χ1n) is 7.06. The molecule has 2 rings (SSSR count). The summed E-state index contributed by atoms with van der Waals surface area (Å²) in [5.41, 5.74) is 1.35. The average molecular weight is 260 g/mol. The van der Waals surface area contributed by atoms with Gasteiger partial charge in [0.1, 0.15) is 5.82 Å². The van der Waals surface area contributed by atoms with Crippen LogP contribution in [0.3, 0.4) is 0 Å². The van der Waals surface area contributed by atoms with Gasteiger partial charge in [0, 0.05) is 50.8 Å². The summed E-state index contributed by atoms with van der Waals surface area (Å²) >= 11 is 0. The Morgan fingerprint density at radius 1 is 1.37 bits per heavy atom. The molecule has 0 radical (unpaired) electrons. The van der Waals surface area contributed by atoms with E-state index in [1.54, 1.807) is 0 Å². The third kappa shape index (κ3) is 3.70. The Bertz CT molecular complexity index is 498. The van der Waals surface area contributed by atoms with Gasteiger partial charge in [-0.1, -0.05) is 6.92 Å². The first-order valence-corrected chi connectivity index (χ1v) is 7.06. The zero-order chi connectivity index (χ0) is 13.7. The second-order valence-electron chi connectivity index (χ2n) is 5.06. The molecule has 0 amide bonds. The van der Waals surface area contributed by atoms with Gasteiger partial charge in [-0.15, -0.1) is 0 Å². The van der Waals surface area contributed by atoms with E-state index in [-0.39, 0.29) is 0 Å². The van der Waals surface area contributed by atoms with E-state index >= 15 is 0 Å². The van der Waals surface area contributed by atoms with Crippen LogP contribution in [0.2, 0.25) is 0 Å². The summed E-state index contributed by atoms with van der Waals surface area (Å²) in [5, 5.41) is 3.51. The van der Waals surface area contributed by atoms with Gasteiger partial charge < -0.3 is 14.5 Å². The third-order valence-electron chi connectivity index (χ3n) is 3.49. The number of aromatic nitrogens is 3. The molecule has 4 nitrogen and oxygen atoms in total. The van der Waals surface area contributed by atoms with Crippen LogP contribution in [0, 0.1) is 0 Å². The standard InChI is InChI=1S/C15H24N4/c1-4-7-16-13(2)14-5-9-19(12-14)10-6-15-17-8-11-18(15)3/h5,8-9,11-13,16H,4,6-7,10H2,1-3H3. The fourth-order valence-corrected chi connectivity index (χ4v) is 2.20. The second kappa shape index (κ2) is 6.57. The van der Waals surface area contributed by atoms with Crippen LogP contribution >= 0.6 is 0 Å². The second-order valence-corrected chi connectivity index (χ2v) is 5.06. The van der Waals surface area contributed by atoms with Crippen LogP contribution < -0.4 is 5.32 Å². The van der Waals surface area contributed by atoms with E-state index in [2.05, 4.69) is 51.7 Å². The molecular weight excluding hydrogens is 236 g/mol. The van der Waals surface area contributed by atoms with Crippen molar-refractivity contribution in [1.82, 2.24) is 19.4 Å². The van der Waals surface area contributed by atoms with Crippen LogP contribution in [0.25, 0.3) is 0 Å². The van der Waals surface area contributed by atoms with Crippen LogP contribution in [-0.4, -0.2) is 20.7 Å². The molecule has 1 atom stereocenters. The zero-order valence-corrected chi connectivity index (χ0v) is 12.1. The van der Waals surface area contributed by atoms with Gasteiger partial charge in [-0.25, -0.2) is 4.98 Å². The number of imidazole rings is 1. The lowest BCUT2D eigenvalue weighted by molar-refractivity contribution is 0.568. The Balaban J connectivity index is 1.88. The largest absolute Gasteiger partial charge is 0.353 e. The van der Waals surface area contributed by atoms with E-state index < -0.39 is 0 Å². The smallest absolute Gasteiger partial charge is 0.110 e. The molecule has 4 heteroatoms. The maximum absolute atomic E-state index is 4.35. The predicted octanol–water partition coefficient (Wildman–Crippen LogP) is 2.52. The van der Waals surface area contributed by atoms with Crippen molar-refractivity contribution in [1.29, 1.82) is 0 Å². The number of hydrogen-bond acceptors (Lipinski definition) is 2. The van der Waals surface area contributed by atoms with Gasteiger partial charge >= 0.3 is 0 Å². The molecule has 0 spiro atoms. The molecule has 0 saturated heterocycles. The molecule has 19 heavy (non-hydrogen) atoms. The third-order valence-corrected chi connectivity index (χ3v) is 3.49. The molecule has 2 aromatic heterocycles. The lowest BCUT2D eigenvalue weighted by atomic mass is 10.2. The van der Waals surface area contributed by atoms with Crippen LogP contribution in [0.15, 0.2) is 30.9 Å². The molecule has 2 aromatic rings. The lowest BCUT2D eigenvalue weighted by Crippen LogP contribution is -2.18. The number of nitrogens with one attached hydrogen (secondary N) is 1. The van der Waals surface area contributed by atoms with Gasteiger partial charge in [0.2, 0.25) is 0 Å². The predicted molar refractivity (Wildman–Crippen MR) is 78.1 cm³/mol. The van der Waals surface area contributed by atoms with E-state index in [4.69, 9.17) is 0 Å². The van der Waals surface area contributed by atoms with E-state index in [9.17, 15) is 0 Å². The monoisotopic (exact) mass is 260 g/mol. The van der Waals surface area contributed by atoms with Crippen molar-refractivity contribution >= 4 is 0 Å². The minimum Gasteiger partial charge on any atom is -0.353 e. The van der Waals surface area contributed by atoms with Crippen LogP contribution in [-0.2, 0) is 20.0 Å². The Kier molecular flexibility index (Phi) is 4.80. The Hall–Kier alpha value is -1.55.